The minimum atomic E-state index is -0.217. The minimum Gasteiger partial charge on any atom is -0.374 e. The number of hydrogen-bond donors (Lipinski definition) is 0. The Balaban J connectivity index is 2.31. The first-order valence-corrected chi connectivity index (χ1v) is 7.15. The summed E-state index contributed by atoms with van der Waals surface area (Å²) in [6, 6.07) is 19.6. The van der Waals surface area contributed by atoms with Crippen molar-refractivity contribution < 1.29 is 4.74 Å². The van der Waals surface area contributed by atoms with Gasteiger partial charge < -0.3 is 4.74 Å². The van der Waals surface area contributed by atoms with E-state index in [0.717, 1.165) is 6.42 Å². The Kier molecular flexibility index (Phi) is 3.23. The van der Waals surface area contributed by atoms with Crippen LogP contribution in [0.15, 0.2) is 54.6 Å². The molecule has 1 unspecified atom stereocenters. The topological polar surface area (TPSA) is 9.23 Å². The van der Waals surface area contributed by atoms with Crippen molar-refractivity contribution in [3.05, 3.63) is 60.2 Å². The van der Waals surface area contributed by atoms with Crippen molar-refractivity contribution in [1.82, 2.24) is 0 Å². The van der Waals surface area contributed by atoms with Gasteiger partial charge in [0.15, 0.2) is 0 Å². The van der Waals surface area contributed by atoms with E-state index in [9.17, 15) is 0 Å². The Morgan fingerprint density at radius 1 is 0.900 bits per heavy atom. The average Bonchev–Trinajstić information content (AvgIpc) is 2.53. The van der Waals surface area contributed by atoms with Gasteiger partial charge in [0.05, 0.1) is 5.60 Å². The zero-order valence-corrected chi connectivity index (χ0v) is 12.3. The molecule has 3 aromatic rings. The lowest BCUT2D eigenvalue weighted by molar-refractivity contribution is -0.00128. The van der Waals surface area contributed by atoms with Crippen LogP contribution >= 0.6 is 0 Å². The summed E-state index contributed by atoms with van der Waals surface area (Å²) in [6.07, 6.45) is 0.958. The number of benzene rings is 3. The SMILES string of the molecule is CCC(C)(OC)c1ccc2ccc3ccccc3c2c1. The van der Waals surface area contributed by atoms with Crippen LogP contribution in [0.1, 0.15) is 25.8 Å². The third-order valence-corrected chi connectivity index (χ3v) is 4.48. The van der Waals surface area contributed by atoms with Gasteiger partial charge in [-0.3, -0.25) is 0 Å². The summed E-state index contributed by atoms with van der Waals surface area (Å²) in [4.78, 5) is 0. The highest BCUT2D eigenvalue weighted by atomic mass is 16.5. The molecule has 0 fully saturated rings. The maximum atomic E-state index is 5.73. The van der Waals surface area contributed by atoms with Crippen molar-refractivity contribution in [3.63, 3.8) is 0 Å². The number of methoxy groups -OCH3 is 1. The molecule has 0 bridgehead atoms. The number of hydrogen-bond acceptors (Lipinski definition) is 1. The first-order chi connectivity index (χ1) is 9.68. The molecule has 0 amide bonds. The minimum absolute atomic E-state index is 0.217. The normalized spacial score (nSPS) is 14.6. The highest BCUT2D eigenvalue weighted by molar-refractivity contribution is 6.07. The summed E-state index contributed by atoms with van der Waals surface area (Å²) in [6.45, 7) is 4.32. The number of ether oxygens (including phenoxy) is 1. The highest BCUT2D eigenvalue weighted by Gasteiger charge is 2.23. The van der Waals surface area contributed by atoms with E-state index in [1.165, 1.54) is 27.1 Å². The standard InChI is InChI=1S/C19H20O/c1-4-19(2,20-3)16-12-11-15-10-9-14-7-5-6-8-17(14)18(15)13-16/h5-13H,4H2,1-3H3. The maximum Gasteiger partial charge on any atom is 0.0897 e. The molecule has 0 aromatic heterocycles. The summed E-state index contributed by atoms with van der Waals surface area (Å²) in [7, 11) is 1.79. The molecule has 0 aliphatic heterocycles. The van der Waals surface area contributed by atoms with Crippen LogP contribution in [0.4, 0.5) is 0 Å². The first-order valence-electron chi connectivity index (χ1n) is 7.15. The van der Waals surface area contributed by atoms with Crippen molar-refractivity contribution in [3.8, 4) is 0 Å². The van der Waals surface area contributed by atoms with Crippen LogP contribution in [0.3, 0.4) is 0 Å². The van der Waals surface area contributed by atoms with Gasteiger partial charge in [0.1, 0.15) is 0 Å². The lowest BCUT2D eigenvalue weighted by Crippen LogP contribution is -2.22. The van der Waals surface area contributed by atoms with E-state index in [1.54, 1.807) is 7.11 Å². The molecule has 1 heteroatoms. The number of fused-ring (bicyclic) bond motifs is 3. The fourth-order valence-corrected chi connectivity index (χ4v) is 2.80. The van der Waals surface area contributed by atoms with E-state index in [2.05, 4.69) is 68.4 Å². The van der Waals surface area contributed by atoms with Gasteiger partial charge in [-0.05, 0) is 46.5 Å². The van der Waals surface area contributed by atoms with Gasteiger partial charge in [0.25, 0.3) is 0 Å². The molecule has 0 aliphatic rings. The van der Waals surface area contributed by atoms with Crippen LogP contribution < -0.4 is 0 Å². The summed E-state index contributed by atoms with van der Waals surface area (Å²) in [5.74, 6) is 0. The van der Waals surface area contributed by atoms with Gasteiger partial charge in [0.2, 0.25) is 0 Å². The van der Waals surface area contributed by atoms with Crippen molar-refractivity contribution in [2.45, 2.75) is 25.9 Å². The summed E-state index contributed by atoms with van der Waals surface area (Å²) >= 11 is 0. The fourth-order valence-electron chi connectivity index (χ4n) is 2.80. The molecule has 1 atom stereocenters. The van der Waals surface area contributed by atoms with E-state index >= 15 is 0 Å². The summed E-state index contributed by atoms with van der Waals surface area (Å²) < 4.78 is 5.73. The van der Waals surface area contributed by atoms with E-state index in [-0.39, 0.29) is 5.60 Å². The molecule has 0 saturated heterocycles. The van der Waals surface area contributed by atoms with Gasteiger partial charge in [-0.25, -0.2) is 0 Å². The van der Waals surface area contributed by atoms with Crippen molar-refractivity contribution in [1.29, 1.82) is 0 Å². The molecule has 1 nitrogen and oxygen atoms in total. The molecular formula is C19H20O. The van der Waals surface area contributed by atoms with Gasteiger partial charge in [0, 0.05) is 7.11 Å². The summed E-state index contributed by atoms with van der Waals surface area (Å²) in [5.41, 5.74) is 1.02. The molecule has 102 valence electrons. The average molecular weight is 264 g/mol. The molecule has 3 rings (SSSR count). The van der Waals surface area contributed by atoms with Crippen LogP contribution in [0.25, 0.3) is 21.5 Å². The monoisotopic (exact) mass is 264 g/mol. The van der Waals surface area contributed by atoms with Crippen molar-refractivity contribution in [2.24, 2.45) is 0 Å². The zero-order valence-electron chi connectivity index (χ0n) is 12.3. The Bertz CT molecular complexity index is 754. The van der Waals surface area contributed by atoms with E-state index in [4.69, 9.17) is 4.74 Å². The predicted octanol–water partition coefficient (Wildman–Crippen LogP) is 5.26. The second-order valence-corrected chi connectivity index (χ2v) is 5.51. The van der Waals surface area contributed by atoms with Gasteiger partial charge in [-0.2, -0.15) is 0 Å². The highest BCUT2D eigenvalue weighted by Crippen LogP contribution is 2.33. The Labute approximate surface area is 120 Å². The Hall–Kier alpha value is -1.86. The zero-order chi connectivity index (χ0) is 14.2. The maximum absolute atomic E-state index is 5.73. The Morgan fingerprint density at radius 2 is 1.55 bits per heavy atom. The van der Waals surface area contributed by atoms with Crippen molar-refractivity contribution >= 4 is 21.5 Å². The third-order valence-electron chi connectivity index (χ3n) is 4.48. The molecule has 0 saturated carbocycles. The molecule has 0 radical (unpaired) electrons. The molecule has 0 aliphatic carbocycles. The van der Waals surface area contributed by atoms with Crippen LogP contribution in [-0.4, -0.2) is 7.11 Å². The van der Waals surface area contributed by atoms with E-state index in [1.807, 2.05) is 0 Å². The lowest BCUT2D eigenvalue weighted by atomic mass is 9.90. The fraction of sp³-hybridized carbons (Fsp3) is 0.263. The van der Waals surface area contributed by atoms with Gasteiger partial charge in [-0.15, -0.1) is 0 Å². The van der Waals surface area contributed by atoms with E-state index < -0.39 is 0 Å². The molecule has 0 heterocycles. The smallest absolute Gasteiger partial charge is 0.0897 e. The Morgan fingerprint density at radius 3 is 2.25 bits per heavy atom. The van der Waals surface area contributed by atoms with Crippen LogP contribution in [-0.2, 0) is 10.3 Å². The van der Waals surface area contributed by atoms with Crippen LogP contribution in [0.5, 0.6) is 0 Å². The second-order valence-electron chi connectivity index (χ2n) is 5.51. The van der Waals surface area contributed by atoms with Crippen molar-refractivity contribution in [2.75, 3.05) is 7.11 Å². The largest absolute Gasteiger partial charge is 0.374 e. The molecular weight excluding hydrogens is 244 g/mol. The molecule has 0 N–H and O–H groups in total. The quantitative estimate of drug-likeness (QED) is 0.586. The van der Waals surface area contributed by atoms with Crippen LogP contribution in [0, 0.1) is 0 Å². The second kappa shape index (κ2) is 4.92. The molecule has 20 heavy (non-hydrogen) atoms. The predicted molar refractivity (Wildman–Crippen MR) is 86.1 cm³/mol. The first kappa shape index (κ1) is 13.1. The third kappa shape index (κ3) is 1.99. The summed E-state index contributed by atoms with van der Waals surface area (Å²) in [5, 5.41) is 5.17. The molecule has 3 aromatic carbocycles. The lowest BCUT2D eigenvalue weighted by Gasteiger charge is -2.27. The van der Waals surface area contributed by atoms with Gasteiger partial charge >= 0.3 is 0 Å². The van der Waals surface area contributed by atoms with E-state index in [0.29, 0.717) is 0 Å². The van der Waals surface area contributed by atoms with Gasteiger partial charge in [-0.1, -0.05) is 55.5 Å². The molecule has 0 spiro atoms. The van der Waals surface area contributed by atoms with Crippen LogP contribution in [0.2, 0.25) is 0 Å². The number of rotatable bonds is 3.